The standard InChI is InChI=1S/C13H20N2O4S2/c1-10-13(4-3-9-14-10)15-21(18,19)12-7-5-11(6-8-12)20(2,16)17/h5-8,10,13-15H,3-4,9H2,1-2H3. The van der Waals surface area contributed by atoms with Crippen LogP contribution in [-0.4, -0.2) is 41.7 Å². The van der Waals surface area contributed by atoms with Gasteiger partial charge in [-0.05, 0) is 50.6 Å². The van der Waals surface area contributed by atoms with Gasteiger partial charge in [0.05, 0.1) is 9.79 Å². The fraction of sp³-hybridized carbons (Fsp3) is 0.538. The molecule has 0 bridgehead atoms. The van der Waals surface area contributed by atoms with Crippen molar-refractivity contribution < 1.29 is 16.8 Å². The minimum atomic E-state index is -3.64. The van der Waals surface area contributed by atoms with Crippen LogP contribution in [0.3, 0.4) is 0 Å². The first-order valence-electron chi connectivity index (χ1n) is 6.76. The van der Waals surface area contributed by atoms with Crippen molar-refractivity contribution in [2.45, 2.75) is 41.6 Å². The average Bonchev–Trinajstić information content (AvgIpc) is 2.40. The van der Waals surface area contributed by atoms with Crippen molar-refractivity contribution in [2.75, 3.05) is 12.8 Å². The molecule has 118 valence electrons. The zero-order valence-corrected chi connectivity index (χ0v) is 13.7. The van der Waals surface area contributed by atoms with Gasteiger partial charge >= 0.3 is 0 Å². The molecule has 1 heterocycles. The monoisotopic (exact) mass is 332 g/mol. The number of rotatable bonds is 4. The fourth-order valence-corrected chi connectivity index (χ4v) is 4.32. The van der Waals surface area contributed by atoms with Crippen molar-refractivity contribution in [1.29, 1.82) is 0 Å². The van der Waals surface area contributed by atoms with E-state index in [2.05, 4.69) is 10.0 Å². The lowest BCUT2D eigenvalue weighted by atomic mass is 10.0. The maximum Gasteiger partial charge on any atom is 0.240 e. The molecule has 21 heavy (non-hydrogen) atoms. The first-order valence-corrected chi connectivity index (χ1v) is 10.1. The van der Waals surface area contributed by atoms with E-state index in [1.54, 1.807) is 0 Å². The van der Waals surface area contributed by atoms with Crippen LogP contribution in [0.1, 0.15) is 19.8 Å². The van der Waals surface area contributed by atoms with E-state index in [0.717, 1.165) is 25.6 Å². The van der Waals surface area contributed by atoms with E-state index in [9.17, 15) is 16.8 Å². The summed E-state index contributed by atoms with van der Waals surface area (Å²) in [6.07, 6.45) is 2.80. The Balaban J connectivity index is 2.19. The number of nitrogens with one attached hydrogen (secondary N) is 2. The Hall–Kier alpha value is -0.960. The molecule has 0 amide bonds. The van der Waals surface area contributed by atoms with Gasteiger partial charge in [-0.1, -0.05) is 0 Å². The summed E-state index contributed by atoms with van der Waals surface area (Å²) >= 11 is 0. The highest BCUT2D eigenvalue weighted by Gasteiger charge is 2.26. The summed E-state index contributed by atoms with van der Waals surface area (Å²) in [5.74, 6) is 0. The van der Waals surface area contributed by atoms with Crippen LogP contribution in [0.15, 0.2) is 34.1 Å². The Kier molecular flexibility index (Phi) is 4.72. The zero-order chi connectivity index (χ0) is 15.7. The average molecular weight is 332 g/mol. The van der Waals surface area contributed by atoms with Gasteiger partial charge in [-0.2, -0.15) is 0 Å². The fourth-order valence-electron chi connectivity index (χ4n) is 2.34. The third kappa shape index (κ3) is 4.03. The molecular formula is C13H20N2O4S2. The lowest BCUT2D eigenvalue weighted by molar-refractivity contribution is 0.349. The first kappa shape index (κ1) is 16.4. The highest BCUT2D eigenvalue weighted by Crippen LogP contribution is 2.17. The van der Waals surface area contributed by atoms with Crippen LogP contribution in [-0.2, 0) is 19.9 Å². The van der Waals surface area contributed by atoms with Gasteiger partial charge in [-0.15, -0.1) is 0 Å². The van der Waals surface area contributed by atoms with Crippen molar-refractivity contribution in [3.05, 3.63) is 24.3 Å². The number of sulfonamides is 1. The molecule has 0 saturated carbocycles. The molecule has 0 spiro atoms. The van der Waals surface area contributed by atoms with Crippen molar-refractivity contribution >= 4 is 19.9 Å². The molecule has 2 rings (SSSR count). The molecule has 1 fully saturated rings. The summed E-state index contributed by atoms with van der Waals surface area (Å²) in [5.41, 5.74) is 0. The topological polar surface area (TPSA) is 92.3 Å². The molecule has 0 radical (unpaired) electrons. The van der Waals surface area contributed by atoms with E-state index in [1.165, 1.54) is 24.3 Å². The maximum atomic E-state index is 12.3. The van der Waals surface area contributed by atoms with E-state index in [1.807, 2.05) is 6.92 Å². The Bertz CT molecular complexity index is 696. The second-order valence-corrected chi connectivity index (χ2v) is 9.09. The van der Waals surface area contributed by atoms with Crippen molar-refractivity contribution in [3.8, 4) is 0 Å². The van der Waals surface area contributed by atoms with E-state index in [-0.39, 0.29) is 21.9 Å². The van der Waals surface area contributed by atoms with E-state index >= 15 is 0 Å². The van der Waals surface area contributed by atoms with Gasteiger partial charge in [0.1, 0.15) is 0 Å². The molecule has 2 atom stereocenters. The van der Waals surface area contributed by atoms with Crippen LogP contribution in [0, 0.1) is 0 Å². The normalized spacial score (nSPS) is 23.9. The molecule has 0 aromatic heterocycles. The maximum absolute atomic E-state index is 12.3. The lowest BCUT2D eigenvalue weighted by Gasteiger charge is -2.30. The molecule has 8 heteroatoms. The van der Waals surface area contributed by atoms with Crippen LogP contribution < -0.4 is 10.0 Å². The predicted octanol–water partition coefficient (Wildman–Crippen LogP) is 0.509. The summed E-state index contributed by atoms with van der Waals surface area (Å²) in [6, 6.07) is 5.18. The molecule has 1 aromatic rings. The van der Waals surface area contributed by atoms with Gasteiger partial charge in [0.2, 0.25) is 10.0 Å². The van der Waals surface area contributed by atoms with Crippen LogP contribution in [0.4, 0.5) is 0 Å². The van der Waals surface area contributed by atoms with E-state index in [4.69, 9.17) is 0 Å². The molecule has 1 aliphatic rings. The minimum Gasteiger partial charge on any atom is -0.313 e. The summed E-state index contributed by atoms with van der Waals surface area (Å²) in [6.45, 7) is 2.83. The molecule has 2 unspecified atom stereocenters. The van der Waals surface area contributed by atoms with Gasteiger partial charge in [-0.3, -0.25) is 0 Å². The van der Waals surface area contributed by atoms with Gasteiger partial charge in [0, 0.05) is 18.3 Å². The number of benzene rings is 1. The largest absolute Gasteiger partial charge is 0.313 e. The third-order valence-corrected chi connectivity index (χ3v) is 6.26. The van der Waals surface area contributed by atoms with Crippen LogP contribution in [0.25, 0.3) is 0 Å². The SMILES string of the molecule is CC1NCCCC1NS(=O)(=O)c1ccc(S(C)(=O)=O)cc1. The third-order valence-electron chi connectivity index (χ3n) is 3.63. The number of piperidine rings is 1. The number of hydrogen-bond acceptors (Lipinski definition) is 5. The predicted molar refractivity (Wildman–Crippen MR) is 80.4 cm³/mol. The van der Waals surface area contributed by atoms with Crippen LogP contribution >= 0.6 is 0 Å². The van der Waals surface area contributed by atoms with Crippen LogP contribution in [0.5, 0.6) is 0 Å². The van der Waals surface area contributed by atoms with Gasteiger partial charge in [0.25, 0.3) is 0 Å². The van der Waals surface area contributed by atoms with E-state index < -0.39 is 19.9 Å². The Morgan fingerprint density at radius 1 is 1.10 bits per heavy atom. The van der Waals surface area contributed by atoms with Gasteiger partial charge in [0.15, 0.2) is 9.84 Å². The molecular weight excluding hydrogens is 312 g/mol. The van der Waals surface area contributed by atoms with Crippen molar-refractivity contribution in [1.82, 2.24) is 10.0 Å². The van der Waals surface area contributed by atoms with Gasteiger partial charge < -0.3 is 5.32 Å². The Labute approximate surface area is 125 Å². The van der Waals surface area contributed by atoms with Crippen LogP contribution in [0.2, 0.25) is 0 Å². The molecule has 1 aromatic carbocycles. The zero-order valence-electron chi connectivity index (χ0n) is 12.0. The lowest BCUT2D eigenvalue weighted by Crippen LogP contribution is -2.51. The highest BCUT2D eigenvalue weighted by molar-refractivity contribution is 7.90. The van der Waals surface area contributed by atoms with Gasteiger partial charge in [-0.25, -0.2) is 21.6 Å². The molecule has 1 saturated heterocycles. The highest BCUT2D eigenvalue weighted by atomic mass is 32.2. The first-order chi connectivity index (χ1) is 9.70. The quantitative estimate of drug-likeness (QED) is 0.838. The molecule has 2 N–H and O–H groups in total. The molecule has 1 aliphatic heterocycles. The Morgan fingerprint density at radius 3 is 2.19 bits per heavy atom. The number of sulfone groups is 1. The van der Waals surface area contributed by atoms with Crippen molar-refractivity contribution in [3.63, 3.8) is 0 Å². The smallest absolute Gasteiger partial charge is 0.240 e. The van der Waals surface area contributed by atoms with Crippen molar-refractivity contribution in [2.24, 2.45) is 0 Å². The van der Waals surface area contributed by atoms with E-state index in [0.29, 0.717) is 0 Å². The second-order valence-electron chi connectivity index (χ2n) is 5.36. The Morgan fingerprint density at radius 2 is 1.67 bits per heavy atom. The summed E-state index contributed by atoms with van der Waals surface area (Å²) in [5, 5.41) is 3.23. The number of hydrogen-bond donors (Lipinski definition) is 2. The summed E-state index contributed by atoms with van der Waals surface area (Å²) in [4.78, 5) is 0.182. The second kappa shape index (κ2) is 6.04. The molecule has 0 aliphatic carbocycles. The summed E-state index contributed by atoms with van der Waals surface area (Å²) < 4.78 is 50.1. The summed E-state index contributed by atoms with van der Waals surface area (Å²) in [7, 11) is -6.97. The molecule has 6 nitrogen and oxygen atoms in total. The minimum absolute atomic E-state index is 0.0730.